The number of ether oxygens (including phenoxy) is 3. The summed E-state index contributed by atoms with van der Waals surface area (Å²) >= 11 is 1.79. The standard InChI is InChI=1S/C29H41N4O4S.HI/c1-7-21-18-23(31-10-12-33(13-11-31)28(34)37-29(2,3)4)20-26-27(21)30-24-9-8-22(19-25(24)38-26)32(14-16-35-5)15-17-36-6;/h8-9,18-20H,7,10-17H2,1-6H3;1H/q+1;/p-1. The number of fused-ring (bicyclic) bond motifs is 2. The number of rotatable bonds is 8. The number of aromatic nitrogens is 1. The number of hydrogen-bond acceptors (Lipinski definition) is 7. The molecule has 214 valence electrons. The van der Waals surface area contributed by atoms with Gasteiger partial charge in [-0.1, -0.05) is 6.92 Å². The fourth-order valence-electron chi connectivity index (χ4n) is 4.67. The maximum absolute atomic E-state index is 12.5. The van der Waals surface area contributed by atoms with Crippen molar-refractivity contribution in [3.8, 4) is 10.6 Å². The zero-order chi connectivity index (χ0) is 27.3. The molecule has 0 bridgehead atoms. The van der Waals surface area contributed by atoms with Gasteiger partial charge in [0.2, 0.25) is 5.36 Å². The maximum atomic E-state index is 12.5. The van der Waals surface area contributed by atoms with Gasteiger partial charge in [-0.25, -0.2) is 14.4 Å². The summed E-state index contributed by atoms with van der Waals surface area (Å²) in [5, 5.41) is 1.15. The van der Waals surface area contributed by atoms with Crippen LogP contribution in [0.1, 0.15) is 33.3 Å². The number of aryl methyl sites for hydroxylation is 1. The van der Waals surface area contributed by atoms with Crippen molar-refractivity contribution in [3.63, 3.8) is 0 Å². The summed E-state index contributed by atoms with van der Waals surface area (Å²) in [7, 11) is 3.46. The third-order valence-electron chi connectivity index (χ3n) is 6.71. The molecule has 0 atom stereocenters. The third kappa shape index (κ3) is 8.02. The lowest BCUT2D eigenvalue weighted by atomic mass is 10.1. The second-order valence-corrected chi connectivity index (χ2v) is 11.7. The zero-order valence-electron chi connectivity index (χ0n) is 24.0. The van der Waals surface area contributed by atoms with Crippen LogP contribution in [0.25, 0.3) is 20.8 Å². The first-order chi connectivity index (χ1) is 18.2. The summed E-state index contributed by atoms with van der Waals surface area (Å²) in [6.45, 7) is 13.7. The maximum Gasteiger partial charge on any atom is 0.410 e. The molecule has 8 nitrogen and oxygen atoms in total. The average Bonchev–Trinajstić information content (AvgIpc) is 2.90. The van der Waals surface area contributed by atoms with Gasteiger partial charge in [-0.3, -0.25) is 0 Å². The highest BCUT2D eigenvalue weighted by Gasteiger charge is 2.26. The van der Waals surface area contributed by atoms with Crippen LogP contribution in [-0.4, -0.2) is 88.3 Å². The normalized spacial score (nSPS) is 14.0. The smallest absolute Gasteiger partial charge is 0.410 e. The molecule has 1 aromatic rings. The van der Waals surface area contributed by atoms with Crippen molar-refractivity contribution < 1.29 is 43.0 Å². The number of nitrogens with zero attached hydrogens (tertiary/aromatic N) is 4. The molecule has 4 rings (SSSR count). The highest BCUT2D eigenvalue weighted by molar-refractivity contribution is 7.21. The predicted molar refractivity (Wildman–Crippen MR) is 154 cm³/mol. The van der Waals surface area contributed by atoms with Gasteiger partial charge in [0.1, 0.15) is 18.8 Å². The number of piperazine rings is 1. The highest BCUT2D eigenvalue weighted by atomic mass is 127. The Morgan fingerprint density at radius 3 is 2.28 bits per heavy atom. The van der Waals surface area contributed by atoms with Crippen LogP contribution in [0.5, 0.6) is 0 Å². The molecule has 1 fully saturated rings. The summed E-state index contributed by atoms with van der Waals surface area (Å²) in [4.78, 5) is 22.9. The fourth-order valence-corrected chi connectivity index (χ4v) is 5.75. The van der Waals surface area contributed by atoms with Gasteiger partial charge >= 0.3 is 6.09 Å². The molecule has 0 N–H and O–H groups in total. The van der Waals surface area contributed by atoms with Crippen molar-refractivity contribution in [1.82, 2.24) is 14.5 Å². The number of amides is 1. The first-order valence-electron chi connectivity index (χ1n) is 13.4. The zero-order valence-corrected chi connectivity index (χ0v) is 26.9. The minimum Gasteiger partial charge on any atom is -1.00 e. The molecule has 10 heteroatoms. The monoisotopic (exact) mass is 668 g/mol. The van der Waals surface area contributed by atoms with Crippen molar-refractivity contribution in [1.29, 1.82) is 0 Å². The van der Waals surface area contributed by atoms with Crippen molar-refractivity contribution >= 4 is 33.3 Å². The molecule has 1 aromatic carbocycles. The topological polar surface area (TPSA) is 67.1 Å². The van der Waals surface area contributed by atoms with Gasteiger partial charge in [-0.2, -0.15) is 0 Å². The van der Waals surface area contributed by atoms with Gasteiger partial charge in [0.05, 0.1) is 20.8 Å². The van der Waals surface area contributed by atoms with Crippen LogP contribution in [0.15, 0.2) is 30.3 Å². The summed E-state index contributed by atoms with van der Waals surface area (Å²) in [5.41, 5.74) is 4.04. The molecule has 1 saturated heterocycles. The summed E-state index contributed by atoms with van der Waals surface area (Å²) in [6, 6.07) is 11.0. The largest absolute Gasteiger partial charge is 1.00 e. The Labute approximate surface area is 252 Å². The second kappa shape index (κ2) is 14.0. The van der Waals surface area contributed by atoms with Crippen LogP contribution in [0, 0.1) is 0 Å². The van der Waals surface area contributed by atoms with E-state index in [2.05, 4.69) is 46.7 Å². The van der Waals surface area contributed by atoms with Crippen molar-refractivity contribution in [2.45, 2.75) is 39.7 Å². The Kier molecular flexibility index (Phi) is 11.3. The lowest BCUT2D eigenvalue weighted by molar-refractivity contribution is -0.0000517. The predicted octanol–water partition coefficient (Wildman–Crippen LogP) is 1.09. The molecule has 0 aromatic heterocycles. The van der Waals surface area contributed by atoms with E-state index >= 15 is 0 Å². The van der Waals surface area contributed by atoms with Crippen molar-refractivity contribution in [2.24, 2.45) is 0 Å². The molecular formula is C29H41IN4O4S. The van der Waals surface area contributed by atoms with E-state index in [-0.39, 0.29) is 30.1 Å². The quantitative estimate of drug-likeness (QED) is 0.204. The SMILES string of the molecule is CCc1cc(N2CCN(C(=O)OC(C)(C)C)CC2)cc2sc3cc(=[N+](CCOC)CCOC)ccc-3nc12.[I-]. The van der Waals surface area contributed by atoms with Crippen LogP contribution in [0.4, 0.5) is 10.5 Å². The molecule has 39 heavy (non-hydrogen) atoms. The number of carbonyl (C=O) groups excluding carboxylic acids is 1. The summed E-state index contributed by atoms with van der Waals surface area (Å²) < 4.78 is 19.7. The molecule has 0 spiro atoms. The highest BCUT2D eigenvalue weighted by Crippen LogP contribution is 2.34. The second-order valence-electron chi connectivity index (χ2n) is 10.6. The lowest BCUT2D eigenvalue weighted by Gasteiger charge is -2.37. The first kappa shape index (κ1) is 31.5. The number of benzene rings is 2. The Morgan fingerprint density at radius 1 is 1.03 bits per heavy atom. The third-order valence-corrected chi connectivity index (χ3v) is 7.79. The molecule has 0 radical (unpaired) electrons. The average molecular weight is 669 g/mol. The fraction of sp³-hybridized carbons (Fsp3) is 0.552. The summed E-state index contributed by atoms with van der Waals surface area (Å²) in [6.07, 6.45) is 0.677. The number of anilines is 1. The van der Waals surface area contributed by atoms with Gasteiger partial charge in [-0.05, 0) is 51.0 Å². The number of hydrogen-bond donors (Lipinski definition) is 0. The van der Waals surface area contributed by atoms with E-state index in [1.165, 1.54) is 16.0 Å². The van der Waals surface area contributed by atoms with E-state index in [9.17, 15) is 4.79 Å². The van der Waals surface area contributed by atoms with Gasteiger partial charge in [0, 0.05) is 58.2 Å². The van der Waals surface area contributed by atoms with E-state index in [1.54, 1.807) is 25.6 Å². The van der Waals surface area contributed by atoms with Crippen molar-refractivity contribution in [3.05, 3.63) is 41.3 Å². The van der Waals surface area contributed by atoms with Gasteiger partial charge in [0.25, 0.3) is 0 Å². The van der Waals surface area contributed by atoms with E-state index < -0.39 is 5.60 Å². The van der Waals surface area contributed by atoms with E-state index in [1.807, 2.05) is 25.7 Å². The Hall–Kier alpha value is -2.02. The lowest BCUT2D eigenvalue weighted by Crippen LogP contribution is -3.00. The molecule has 1 amide bonds. The Bertz CT molecular complexity index is 1290. The Balaban J connectivity index is 0.00000420. The van der Waals surface area contributed by atoms with E-state index in [4.69, 9.17) is 19.2 Å². The molecule has 0 saturated carbocycles. The van der Waals surface area contributed by atoms with Crippen LogP contribution < -0.4 is 38.8 Å². The minimum atomic E-state index is -0.482. The number of halogens is 1. The van der Waals surface area contributed by atoms with E-state index in [0.29, 0.717) is 26.3 Å². The number of carbonyl (C=O) groups is 1. The van der Waals surface area contributed by atoms with Crippen LogP contribution in [0.2, 0.25) is 0 Å². The van der Waals surface area contributed by atoms with Crippen LogP contribution in [-0.2, 0) is 20.6 Å². The minimum absolute atomic E-state index is 0. The Morgan fingerprint density at radius 2 is 1.69 bits per heavy atom. The van der Waals surface area contributed by atoms with Gasteiger partial charge < -0.3 is 48.0 Å². The molecule has 2 aliphatic heterocycles. The molecule has 1 aliphatic carbocycles. The molecule has 3 aliphatic rings. The number of methoxy groups -OCH3 is 2. The molecule has 2 heterocycles. The van der Waals surface area contributed by atoms with Crippen molar-refractivity contribution in [2.75, 3.05) is 71.6 Å². The van der Waals surface area contributed by atoms with E-state index in [0.717, 1.165) is 54.0 Å². The summed E-state index contributed by atoms with van der Waals surface area (Å²) in [5.74, 6) is 0. The van der Waals surface area contributed by atoms with Crippen LogP contribution in [0.3, 0.4) is 0 Å². The first-order valence-corrected chi connectivity index (χ1v) is 14.2. The molecule has 0 unspecified atom stereocenters. The van der Waals surface area contributed by atoms with Crippen LogP contribution >= 0.6 is 11.3 Å². The van der Waals surface area contributed by atoms with Gasteiger partial charge in [-0.15, -0.1) is 11.3 Å². The van der Waals surface area contributed by atoms with Gasteiger partial charge in [0.15, 0.2) is 13.1 Å². The molecular weight excluding hydrogens is 627 g/mol.